The monoisotopic (exact) mass is 315 g/mol. The van der Waals surface area contributed by atoms with Crippen molar-refractivity contribution in [2.45, 2.75) is 20.0 Å². The van der Waals surface area contributed by atoms with Gasteiger partial charge in [-0.1, -0.05) is 6.07 Å². The molecule has 0 heterocycles. The van der Waals surface area contributed by atoms with E-state index in [-0.39, 0.29) is 24.0 Å². The maximum absolute atomic E-state index is 11.6. The normalized spacial score (nSPS) is 10.4. The van der Waals surface area contributed by atoms with E-state index in [4.69, 9.17) is 9.84 Å². The molecule has 0 unspecified atom stereocenters. The van der Waals surface area contributed by atoms with Crippen molar-refractivity contribution in [3.63, 3.8) is 0 Å². The molecule has 1 aromatic rings. The van der Waals surface area contributed by atoms with Gasteiger partial charge in [0.25, 0.3) is 0 Å². The van der Waals surface area contributed by atoms with Gasteiger partial charge in [-0.15, -0.1) is 0 Å². The molecule has 18 heavy (non-hydrogen) atoms. The van der Waals surface area contributed by atoms with Crippen LogP contribution in [-0.2, 0) is 9.53 Å². The molecule has 0 saturated carbocycles. The van der Waals surface area contributed by atoms with Crippen molar-refractivity contribution < 1.29 is 19.4 Å². The number of para-hydroxylation sites is 1. The van der Waals surface area contributed by atoms with Crippen molar-refractivity contribution in [1.82, 2.24) is 0 Å². The minimum Gasteiger partial charge on any atom is -0.478 e. The van der Waals surface area contributed by atoms with Crippen molar-refractivity contribution >= 4 is 33.5 Å². The van der Waals surface area contributed by atoms with Crippen LogP contribution in [0.25, 0.3) is 0 Å². The van der Waals surface area contributed by atoms with Gasteiger partial charge >= 0.3 is 5.97 Å². The van der Waals surface area contributed by atoms with Crippen LogP contribution in [0.5, 0.6) is 0 Å². The van der Waals surface area contributed by atoms with E-state index in [1.807, 2.05) is 13.8 Å². The van der Waals surface area contributed by atoms with Crippen LogP contribution < -0.4 is 5.32 Å². The molecular weight excluding hydrogens is 302 g/mol. The molecule has 0 atom stereocenters. The first-order chi connectivity index (χ1) is 8.41. The number of nitrogens with one attached hydrogen (secondary N) is 1. The first-order valence-corrected chi connectivity index (χ1v) is 6.14. The Bertz CT molecular complexity index is 459. The Kier molecular flexibility index (Phi) is 5.30. The van der Waals surface area contributed by atoms with Crippen LogP contribution >= 0.6 is 15.9 Å². The molecule has 5 nitrogen and oxygen atoms in total. The smallest absolute Gasteiger partial charge is 0.337 e. The summed E-state index contributed by atoms with van der Waals surface area (Å²) in [6.07, 6.45) is -0.0612. The third-order valence-electron chi connectivity index (χ3n) is 2.06. The molecule has 0 aliphatic heterocycles. The molecule has 0 aromatic heterocycles. The number of aromatic carboxylic acids is 1. The highest BCUT2D eigenvalue weighted by atomic mass is 79.9. The van der Waals surface area contributed by atoms with Crippen LogP contribution in [0.3, 0.4) is 0 Å². The first kappa shape index (κ1) is 14.7. The van der Waals surface area contributed by atoms with Gasteiger partial charge in [0, 0.05) is 4.47 Å². The van der Waals surface area contributed by atoms with Crippen molar-refractivity contribution in [2.24, 2.45) is 0 Å². The number of hydrogen-bond donors (Lipinski definition) is 2. The molecule has 0 radical (unpaired) electrons. The highest BCUT2D eigenvalue weighted by Gasteiger charge is 2.15. The SMILES string of the molecule is CC(C)OCC(=O)Nc1c(Br)cccc1C(=O)O. The molecule has 0 saturated heterocycles. The average Bonchev–Trinajstić information content (AvgIpc) is 2.28. The fourth-order valence-electron chi connectivity index (χ4n) is 1.25. The molecule has 1 aromatic carbocycles. The van der Waals surface area contributed by atoms with E-state index >= 15 is 0 Å². The Hall–Kier alpha value is -1.40. The zero-order valence-corrected chi connectivity index (χ0v) is 11.7. The van der Waals surface area contributed by atoms with Crippen LogP contribution in [0.4, 0.5) is 5.69 Å². The first-order valence-electron chi connectivity index (χ1n) is 5.35. The van der Waals surface area contributed by atoms with Gasteiger partial charge in [0.2, 0.25) is 5.91 Å². The number of carbonyl (C=O) groups is 2. The summed E-state index contributed by atoms with van der Waals surface area (Å²) in [6, 6.07) is 4.67. The third-order valence-corrected chi connectivity index (χ3v) is 2.72. The van der Waals surface area contributed by atoms with Gasteiger partial charge in [0.05, 0.1) is 17.4 Å². The van der Waals surface area contributed by atoms with Crippen molar-refractivity contribution in [2.75, 3.05) is 11.9 Å². The van der Waals surface area contributed by atoms with Crippen LogP contribution in [0.1, 0.15) is 24.2 Å². The maximum Gasteiger partial charge on any atom is 0.337 e. The summed E-state index contributed by atoms with van der Waals surface area (Å²) in [5.41, 5.74) is 0.268. The average molecular weight is 316 g/mol. The number of carbonyl (C=O) groups excluding carboxylic acids is 1. The number of halogens is 1. The van der Waals surface area contributed by atoms with E-state index in [0.717, 1.165) is 0 Å². The minimum absolute atomic E-state index is 0.0299. The van der Waals surface area contributed by atoms with Crippen LogP contribution in [0.2, 0.25) is 0 Å². The molecule has 0 fully saturated rings. The number of benzene rings is 1. The Morgan fingerprint density at radius 2 is 2.11 bits per heavy atom. The van der Waals surface area contributed by atoms with E-state index in [2.05, 4.69) is 21.2 Å². The third kappa shape index (κ3) is 4.12. The second kappa shape index (κ2) is 6.51. The summed E-state index contributed by atoms with van der Waals surface area (Å²) in [7, 11) is 0. The molecule has 6 heteroatoms. The molecule has 0 aliphatic rings. The Morgan fingerprint density at radius 3 is 2.67 bits per heavy atom. The van der Waals surface area contributed by atoms with Gasteiger partial charge in [-0.3, -0.25) is 4.79 Å². The van der Waals surface area contributed by atoms with E-state index < -0.39 is 11.9 Å². The Morgan fingerprint density at radius 1 is 1.44 bits per heavy atom. The van der Waals surface area contributed by atoms with Gasteiger partial charge in [-0.25, -0.2) is 4.79 Å². The molecule has 0 spiro atoms. The van der Waals surface area contributed by atoms with Gasteiger partial charge < -0.3 is 15.2 Å². The fourth-order valence-corrected chi connectivity index (χ4v) is 1.71. The van der Waals surface area contributed by atoms with Crippen LogP contribution in [0, 0.1) is 0 Å². The van der Waals surface area contributed by atoms with Gasteiger partial charge in [0.1, 0.15) is 6.61 Å². The van der Waals surface area contributed by atoms with Crippen molar-refractivity contribution in [3.8, 4) is 0 Å². The van der Waals surface area contributed by atoms with E-state index in [9.17, 15) is 9.59 Å². The van der Waals surface area contributed by atoms with Gasteiger partial charge in [-0.2, -0.15) is 0 Å². The Balaban J connectivity index is 2.83. The number of ether oxygens (including phenoxy) is 1. The van der Waals surface area contributed by atoms with Gasteiger partial charge in [-0.05, 0) is 41.9 Å². The number of hydrogen-bond acceptors (Lipinski definition) is 3. The number of rotatable bonds is 5. The summed E-state index contributed by atoms with van der Waals surface area (Å²) in [4.78, 5) is 22.6. The predicted octanol–water partition coefficient (Wildman–Crippen LogP) is 2.51. The highest BCUT2D eigenvalue weighted by Crippen LogP contribution is 2.26. The molecule has 0 bridgehead atoms. The van der Waals surface area contributed by atoms with Crippen molar-refractivity contribution in [3.05, 3.63) is 28.2 Å². The Labute approximate surface area is 113 Å². The maximum atomic E-state index is 11.6. The number of anilines is 1. The fraction of sp³-hybridized carbons (Fsp3) is 0.333. The van der Waals surface area contributed by atoms with E-state index in [1.165, 1.54) is 6.07 Å². The van der Waals surface area contributed by atoms with Crippen LogP contribution in [-0.4, -0.2) is 29.7 Å². The second-order valence-electron chi connectivity index (χ2n) is 3.88. The quantitative estimate of drug-likeness (QED) is 0.875. The highest BCUT2D eigenvalue weighted by molar-refractivity contribution is 9.10. The van der Waals surface area contributed by atoms with E-state index in [0.29, 0.717) is 4.47 Å². The zero-order chi connectivity index (χ0) is 13.7. The summed E-state index contributed by atoms with van der Waals surface area (Å²) in [5, 5.41) is 11.5. The second-order valence-corrected chi connectivity index (χ2v) is 4.73. The minimum atomic E-state index is -1.10. The zero-order valence-electron chi connectivity index (χ0n) is 10.1. The molecule has 0 aliphatic carbocycles. The van der Waals surface area contributed by atoms with Gasteiger partial charge in [0.15, 0.2) is 0 Å². The lowest BCUT2D eigenvalue weighted by Crippen LogP contribution is -2.22. The number of carboxylic acid groups (broad SMARTS) is 1. The summed E-state index contributed by atoms with van der Waals surface area (Å²) >= 11 is 3.21. The standard InChI is InChI=1S/C12H14BrNO4/c1-7(2)18-6-10(15)14-11-8(12(16)17)4-3-5-9(11)13/h3-5,7H,6H2,1-2H3,(H,14,15)(H,16,17). The number of amides is 1. The summed E-state index contributed by atoms with van der Waals surface area (Å²) in [5.74, 6) is -1.49. The van der Waals surface area contributed by atoms with Crippen LogP contribution in [0.15, 0.2) is 22.7 Å². The molecule has 2 N–H and O–H groups in total. The molecule has 98 valence electrons. The topological polar surface area (TPSA) is 75.6 Å². The lowest BCUT2D eigenvalue weighted by atomic mass is 10.2. The van der Waals surface area contributed by atoms with E-state index in [1.54, 1.807) is 12.1 Å². The molecule has 1 amide bonds. The number of carboxylic acids is 1. The summed E-state index contributed by atoms with van der Waals surface area (Å²) < 4.78 is 5.66. The van der Waals surface area contributed by atoms with Crippen molar-refractivity contribution in [1.29, 1.82) is 0 Å². The lowest BCUT2D eigenvalue weighted by molar-refractivity contribution is -0.121. The largest absolute Gasteiger partial charge is 0.478 e. The molecular formula is C12H14BrNO4. The molecule has 1 rings (SSSR count). The lowest BCUT2D eigenvalue weighted by Gasteiger charge is -2.11. The predicted molar refractivity (Wildman–Crippen MR) is 70.8 cm³/mol. The summed E-state index contributed by atoms with van der Waals surface area (Å²) in [6.45, 7) is 3.51.